The molecule has 0 radical (unpaired) electrons. The maximum absolute atomic E-state index is 13.9. The minimum atomic E-state index is -1.26. The number of likely N-dealkylation sites (tertiary alicyclic amines) is 1. The topological polar surface area (TPSA) is 66.5 Å². The third-order valence-corrected chi connectivity index (χ3v) is 9.33. The quantitative estimate of drug-likeness (QED) is 0.288. The molecule has 37 heavy (non-hydrogen) atoms. The molecule has 1 N–H and O–H groups in total. The molecule has 2 bridgehead atoms. The summed E-state index contributed by atoms with van der Waals surface area (Å²) in [6.07, 6.45) is 0. The maximum Gasteiger partial charge on any atom is 0.244 e. The van der Waals surface area contributed by atoms with Crippen molar-refractivity contribution in [1.82, 2.24) is 4.90 Å². The summed E-state index contributed by atoms with van der Waals surface area (Å²) in [6, 6.07) is 28.2. The molecule has 4 aliphatic rings. The van der Waals surface area contributed by atoms with E-state index in [0.29, 0.717) is 5.69 Å². The highest BCUT2D eigenvalue weighted by atomic mass is 35.5. The van der Waals surface area contributed by atoms with Crippen LogP contribution < -0.4 is 5.32 Å². The predicted molar refractivity (Wildman–Crippen MR) is 142 cm³/mol. The van der Waals surface area contributed by atoms with Gasteiger partial charge in [0, 0.05) is 11.1 Å². The molecule has 3 amide bonds. The largest absolute Gasteiger partial charge is 0.324 e. The fourth-order valence-electron chi connectivity index (χ4n) is 6.55. The second kappa shape index (κ2) is 7.67. The van der Waals surface area contributed by atoms with Gasteiger partial charge in [0.05, 0.1) is 11.8 Å². The van der Waals surface area contributed by atoms with E-state index in [1.165, 1.54) is 0 Å². The molecule has 182 valence electrons. The van der Waals surface area contributed by atoms with Gasteiger partial charge in [-0.2, -0.15) is 0 Å². The number of imide groups is 1. The smallest absolute Gasteiger partial charge is 0.244 e. The summed E-state index contributed by atoms with van der Waals surface area (Å²) < 4.78 is 0. The van der Waals surface area contributed by atoms with Crippen LogP contribution in [-0.2, 0) is 24.1 Å². The molecule has 7 heteroatoms. The number of amides is 3. The SMILES string of the molecule is O=C(CN1C(=O)[C@H]2[C@H](C1=O)C1(Cl)c3ccccc3C2(Cl)c2ccccc21)Nc1cccc2ccccc12. The van der Waals surface area contributed by atoms with Crippen LogP contribution in [0.2, 0.25) is 0 Å². The molecule has 1 aliphatic heterocycles. The Kier molecular flexibility index (Phi) is 4.67. The lowest BCUT2D eigenvalue weighted by Crippen LogP contribution is -2.57. The van der Waals surface area contributed by atoms with Gasteiger partial charge in [-0.05, 0) is 33.7 Å². The summed E-state index contributed by atoms with van der Waals surface area (Å²) in [6.45, 7) is -0.416. The van der Waals surface area contributed by atoms with Gasteiger partial charge in [0.25, 0.3) is 0 Å². The van der Waals surface area contributed by atoms with Crippen molar-refractivity contribution in [3.63, 3.8) is 0 Å². The number of nitrogens with zero attached hydrogens (tertiary/aromatic N) is 1. The number of anilines is 1. The Morgan fingerprint density at radius 1 is 0.703 bits per heavy atom. The van der Waals surface area contributed by atoms with Gasteiger partial charge in [-0.1, -0.05) is 84.9 Å². The van der Waals surface area contributed by atoms with Crippen molar-refractivity contribution in [3.05, 3.63) is 113 Å². The molecule has 1 fully saturated rings. The monoisotopic (exact) mass is 526 g/mol. The molecule has 0 saturated carbocycles. The first-order chi connectivity index (χ1) is 17.9. The van der Waals surface area contributed by atoms with Gasteiger partial charge in [-0.15, -0.1) is 23.2 Å². The number of carbonyl (C=O) groups is 3. The summed E-state index contributed by atoms with van der Waals surface area (Å²) in [5.74, 6) is -3.27. The number of fused-ring (bicyclic) bond motifs is 1. The number of hydrogen-bond acceptors (Lipinski definition) is 3. The standard InChI is InChI=1S/C30H20Cl2N2O3/c31-29-19-11-3-4-12-20(19)30(32,22-14-6-5-13-21(22)29)26-25(29)27(36)34(28(26)37)16-24(35)33-23-15-7-9-17-8-1-2-10-18(17)23/h1-15,25-26H,16H2,(H,33,35)/t25-,26-,29?,30?/m1/s1. The van der Waals surface area contributed by atoms with Gasteiger partial charge in [-0.25, -0.2) is 0 Å². The van der Waals surface area contributed by atoms with Crippen LogP contribution in [0.5, 0.6) is 0 Å². The zero-order chi connectivity index (χ0) is 25.5. The summed E-state index contributed by atoms with van der Waals surface area (Å²) >= 11 is 14.8. The molecule has 8 rings (SSSR count). The van der Waals surface area contributed by atoms with Crippen LogP contribution in [0.25, 0.3) is 10.8 Å². The number of hydrogen-bond donors (Lipinski definition) is 1. The predicted octanol–water partition coefficient (Wildman–Crippen LogP) is 5.37. The second-order valence-corrected chi connectivity index (χ2v) is 11.0. The van der Waals surface area contributed by atoms with E-state index in [9.17, 15) is 14.4 Å². The van der Waals surface area contributed by atoms with Gasteiger partial charge in [0.1, 0.15) is 16.3 Å². The van der Waals surface area contributed by atoms with E-state index in [2.05, 4.69) is 5.32 Å². The van der Waals surface area contributed by atoms with Crippen molar-refractivity contribution in [2.24, 2.45) is 11.8 Å². The fourth-order valence-corrected chi connectivity index (χ4v) is 7.65. The molecule has 1 heterocycles. The van der Waals surface area contributed by atoms with E-state index >= 15 is 0 Å². The molecule has 5 nitrogen and oxygen atoms in total. The van der Waals surface area contributed by atoms with Gasteiger partial charge in [0.15, 0.2) is 0 Å². The summed E-state index contributed by atoms with van der Waals surface area (Å²) in [5, 5.41) is 4.72. The minimum absolute atomic E-state index is 0.416. The zero-order valence-corrected chi connectivity index (χ0v) is 21.0. The number of rotatable bonds is 3. The third-order valence-electron chi connectivity index (χ3n) is 8.04. The lowest BCUT2D eigenvalue weighted by atomic mass is 9.54. The number of alkyl halides is 2. The van der Waals surface area contributed by atoms with Crippen LogP contribution in [0.4, 0.5) is 5.69 Å². The van der Waals surface area contributed by atoms with E-state index in [1.807, 2.05) is 84.9 Å². The lowest BCUT2D eigenvalue weighted by Gasteiger charge is -2.54. The molecular formula is C30H20Cl2N2O3. The van der Waals surface area contributed by atoms with Crippen LogP contribution in [0, 0.1) is 11.8 Å². The van der Waals surface area contributed by atoms with Crippen LogP contribution in [0.3, 0.4) is 0 Å². The third kappa shape index (κ3) is 2.79. The van der Waals surface area contributed by atoms with Gasteiger partial charge in [-0.3, -0.25) is 19.3 Å². The van der Waals surface area contributed by atoms with Crippen molar-refractivity contribution in [2.45, 2.75) is 9.75 Å². The van der Waals surface area contributed by atoms with Gasteiger partial charge in [0.2, 0.25) is 17.7 Å². The number of benzene rings is 4. The average molecular weight is 527 g/mol. The first-order valence-electron chi connectivity index (χ1n) is 12.1. The van der Waals surface area contributed by atoms with E-state index in [0.717, 1.165) is 37.9 Å². The summed E-state index contributed by atoms with van der Waals surface area (Å²) in [5.41, 5.74) is 3.54. The van der Waals surface area contributed by atoms with Crippen LogP contribution in [0.1, 0.15) is 22.3 Å². The van der Waals surface area contributed by atoms with E-state index in [1.54, 1.807) is 6.07 Å². The normalized spacial score (nSPS) is 27.1. The van der Waals surface area contributed by atoms with Crippen molar-refractivity contribution in [2.75, 3.05) is 11.9 Å². The molecule has 1 saturated heterocycles. The zero-order valence-electron chi connectivity index (χ0n) is 19.4. The average Bonchev–Trinajstić information content (AvgIpc) is 3.18. The van der Waals surface area contributed by atoms with Gasteiger partial charge < -0.3 is 5.32 Å². The summed E-state index contributed by atoms with van der Waals surface area (Å²) in [7, 11) is 0. The highest BCUT2D eigenvalue weighted by Gasteiger charge is 2.73. The van der Waals surface area contributed by atoms with Crippen molar-refractivity contribution in [1.29, 1.82) is 0 Å². The molecule has 2 atom stereocenters. The molecule has 4 aromatic rings. The minimum Gasteiger partial charge on any atom is -0.324 e. The Hall–Kier alpha value is -3.67. The van der Waals surface area contributed by atoms with Crippen LogP contribution >= 0.6 is 23.2 Å². The molecule has 0 spiro atoms. The second-order valence-electron chi connectivity index (χ2n) is 9.81. The number of halogens is 2. The first-order valence-corrected chi connectivity index (χ1v) is 12.8. The molecule has 0 unspecified atom stereocenters. The molecule has 3 aliphatic carbocycles. The Balaban J connectivity index is 1.28. The van der Waals surface area contributed by atoms with Crippen LogP contribution in [0.15, 0.2) is 91.0 Å². The van der Waals surface area contributed by atoms with E-state index < -0.39 is 45.9 Å². The maximum atomic E-state index is 13.9. The Morgan fingerprint density at radius 2 is 1.16 bits per heavy atom. The number of nitrogens with one attached hydrogen (secondary N) is 1. The van der Waals surface area contributed by atoms with Crippen molar-refractivity contribution in [3.8, 4) is 0 Å². The highest BCUT2D eigenvalue weighted by Crippen LogP contribution is 2.69. The van der Waals surface area contributed by atoms with E-state index in [4.69, 9.17) is 23.2 Å². The molecule has 0 aromatic heterocycles. The fraction of sp³-hybridized carbons (Fsp3) is 0.167. The number of carbonyl (C=O) groups excluding carboxylic acids is 3. The van der Waals surface area contributed by atoms with E-state index in [-0.39, 0.29) is 0 Å². The summed E-state index contributed by atoms with van der Waals surface area (Å²) in [4.78, 5) is 39.4. The highest BCUT2D eigenvalue weighted by molar-refractivity contribution is 6.36. The van der Waals surface area contributed by atoms with Crippen LogP contribution in [-0.4, -0.2) is 29.2 Å². The Bertz CT molecular complexity index is 1540. The Labute approximate surface area is 223 Å². The molecule has 4 aromatic carbocycles. The first kappa shape index (κ1) is 22.5. The lowest BCUT2D eigenvalue weighted by molar-refractivity contribution is -0.142. The molecular weight excluding hydrogens is 507 g/mol. The van der Waals surface area contributed by atoms with Gasteiger partial charge >= 0.3 is 0 Å². The van der Waals surface area contributed by atoms with Crippen molar-refractivity contribution < 1.29 is 14.4 Å². The van der Waals surface area contributed by atoms with Crippen molar-refractivity contribution >= 4 is 57.4 Å². The Morgan fingerprint density at radius 3 is 1.70 bits per heavy atom.